The van der Waals surface area contributed by atoms with Crippen LogP contribution in [0, 0.1) is 30.6 Å². The van der Waals surface area contributed by atoms with E-state index >= 15 is 0 Å². The Morgan fingerprint density at radius 3 is 0.500 bits per heavy atom. The first-order valence-corrected chi connectivity index (χ1v) is 5.10. The van der Waals surface area contributed by atoms with Crippen molar-refractivity contribution in [3.8, 4) is 0 Å². The number of hydrogen-bond acceptors (Lipinski definition) is 14. The average molecular weight is 547 g/mol. The topological polar surface area (TPSA) is 293 Å². The smallest absolute Gasteiger partial charge is 1.00 e. The van der Waals surface area contributed by atoms with E-state index in [1.807, 2.05) is 0 Å². The molecule has 0 aromatic carbocycles. The molecule has 0 heterocycles. The van der Waals surface area contributed by atoms with Gasteiger partial charge >= 0.3 is 151 Å². The normalized spacial score (nSPS) is 6.83. The van der Waals surface area contributed by atoms with Crippen molar-refractivity contribution in [3.05, 3.63) is 30.6 Å². The Morgan fingerprint density at radius 2 is 0.500 bits per heavy atom. The van der Waals surface area contributed by atoms with Gasteiger partial charge in [0.1, 0.15) is 0 Å². The number of rotatable bonds is 0. The van der Waals surface area contributed by atoms with Crippen LogP contribution in [0.3, 0.4) is 0 Å². The molecule has 0 saturated heterocycles. The average Bonchev–Trinajstić information content (AvgIpc) is 1.70. The van der Waals surface area contributed by atoms with Gasteiger partial charge in [0.2, 0.25) is 0 Å². The first kappa shape index (κ1) is 63.0. The fourth-order valence-corrected chi connectivity index (χ4v) is 0. The Hall–Kier alpha value is 3.76. The van der Waals surface area contributed by atoms with Crippen LogP contribution in [0.2, 0.25) is 0 Å². The molecule has 0 rings (SSSR count). The van der Waals surface area contributed by atoms with Crippen molar-refractivity contribution in [1.29, 1.82) is 0 Å². The summed E-state index contributed by atoms with van der Waals surface area (Å²) in [6.45, 7) is 0. The van der Waals surface area contributed by atoms with E-state index in [0.29, 0.717) is 0 Å². The molecule has 24 heteroatoms. The minimum Gasteiger partial charge on any atom is -1.00 e. The molecule has 0 amide bonds. The zero-order valence-electron chi connectivity index (χ0n) is 11.0. The van der Waals surface area contributed by atoms with Crippen molar-refractivity contribution >= 4 is 172 Å². The molecule has 0 aromatic heterocycles. The van der Waals surface area contributed by atoms with Crippen LogP contribution in [-0.4, -0.2) is 196 Å². The second-order valence-corrected chi connectivity index (χ2v) is 2.90. The summed E-state index contributed by atoms with van der Waals surface area (Å²) in [6, 6.07) is 0. The molecule has 0 radical (unpaired) electrons. The van der Waals surface area contributed by atoms with E-state index in [2.05, 4.69) is 0 Å². The van der Waals surface area contributed by atoms with Gasteiger partial charge in [-0.25, -0.2) is 0 Å². The Kier molecular flexibility index (Phi) is 98.5. The largest absolute Gasteiger partial charge is 2.00 e. The molecule has 16 nitrogen and oxygen atoms in total. The quantitative estimate of drug-likeness (QED) is 0.0894. The SMILES string of the molecule is O=S(=O)([O-])[O-].O=S(=O)([O-])[O-].O=[N+]([O-])[O-].O=[N+]([O-])[O-].[Ca+2].[Ca+2].[Ca+2].[Ca+2].[Cl-].[Cl-]. The molecule has 0 aliphatic heterocycles. The molecule has 24 heavy (non-hydrogen) atoms. The maximum Gasteiger partial charge on any atom is 2.00 e. The number of halogens is 2. The molecule has 0 bridgehead atoms. The first-order valence-electron chi connectivity index (χ1n) is 2.43. The molecule has 0 unspecified atom stereocenters. The van der Waals surface area contributed by atoms with Crippen LogP contribution in [-0.2, 0) is 20.8 Å². The Bertz CT molecular complexity index is 370. The van der Waals surface area contributed by atoms with Crippen LogP contribution < -0.4 is 24.8 Å². The summed E-state index contributed by atoms with van der Waals surface area (Å²) in [7, 11) is -10.3. The third-order valence-corrected chi connectivity index (χ3v) is 0. The zero-order chi connectivity index (χ0) is 16.2. The van der Waals surface area contributed by atoms with Gasteiger partial charge in [-0.1, -0.05) is 0 Å². The van der Waals surface area contributed by atoms with E-state index in [1.165, 1.54) is 0 Å². The van der Waals surface area contributed by atoms with E-state index in [0.717, 1.165) is 0 Å². The molecule has 0 saturated carbocycles. The monoisotopic (exact) mass is 546 g/mol. The third-order valence-electron chi connectivity index (χ3n) is 0. The van der Waals surface area contributed by atoms with Gasteiger partial charge in [0, 0.05) is 20.8 Å². The summed E-state index contributed by atoms with van der Waals surface area (Å²) >= 11 is 0. The van der Waals surface area contributed by atoms with Crippen LogP contribution in [0.25, 0.3) is 0 Å². The van der Waals surface area contributed by atoms with E-state index in [9.17, 15) is 0 Å². The maximum absolute atomic E-state index is 8.52. The molecular formula is Ca4Cl2N2O14S2. The summed E-state index contributed by atoms with van der Waals surface area (Å²) in [5, 5.41) is 29.5. The second-order valence-electron chi connectivity index (χ2n) is 1.26. The predicted octanol–water partition coefficient (Wildman–Crippen LogP) is -10.7. The maximum atomic E-state index is 8.52. The standard InChI is InChI=1S/4Ca.2ClH.2NO3.2H2O4S/c;;;;;;2*2-1(3)4;2*1-5(2,3)4/h;;;;2*1H;;;2*(H2,1,2,3,4)/q4*+2;;;2*-1;;/p-6. The molecule has 0 aliphatic carbocycles. The van der Waals surface area contributed by atoms with Crippen LogP contribution >= 0.6 is 0 Å². The van der Waals surface area contributed by atoms with Gasteiger partial charge < -0.3 is 73.7 Å². The fraction of sp³-hybridized carbons (Fsp3) is 0. The molecule has 0 aromatic rings. The van der Waals surface area contributed by atoms with Gasteiger partial charge in [0.25, 0.3) is 0 Å². The molecule has 0 atom stereocenters. The Balaban J connectivity index is -0.0000000126. The van der Waals surface area contributed by atoms with Gasteiger partial charge in [-0.3, -0.25) is 16.8 Å². The molecule has 0 aliphatic rings. The summed E-state index contributed by atoms with van der Waals surface area (Å²) in [6.07, 6.45) is 0. The molecular weight excluding hydrogens is 547 g/mol. The van der Waals surface area contributed by atoms with Crippen molar-refractivity contribution in [3.63, 3.8) is 0 Å². The van der Waals surface area contributed by atoms with E-state index in [4.69, 9.17) is 65.7 Å². The van der Waals surface area contributed by atoms with Crippen molar-refractivity contribution in [1.82, 2.24) is 0 Å². The van der Waals surface area contributed by atoms with Crippen molar-refractivity contribution in [2.24, 2.45) is 0 Å². The van der Waals surface area contributed by atoms with Gasteiger partial charge in [-0.05, 0) is 0 Å². The zero-order valence-corrected chi connectivity index (χ0v) is 23.0. The second kappa shape index (κ2) is 37.5. The minimum absolute atomic E-state index is 0. The summed E-state index contributed by atoms with van der Waals surface area (Å²) in [5.41, 5.74) is 0. The number of hydrogen-bond donors (Lipinski definition) is 0. The van der Waals surface area contributed by atoms with Crippen molar-refractivity contribution in [2.45, 2.75) is 0 Å². The van der Waals surface area contributed by atoms with E-state index in [1.54, 1.807) is 0 Å². The van der Waals surface area contributed by atoms with Crippen LogP contribution in [0.4, 0.5) is 0 Å². The van der Waals surface area contributed by atoms with Gasteiger partial charge in [0.05, 0.1) is 10.2 Å². The third kappa shape index (κ3) is 1120. The molecule has 128 valence electrons. The van der Waals surface area contributed by atoms with Crippen LogP contribution in [0.5, 0.6) is 0 Å². The molecule has 0 spiro atoms. The van der Waals surface area contributed by atoms with Gasteiger partial charge in [0.15, 0.2) is 0 Å². The Morgan fingerprint density at radius 1 is 0.500 bits per heavy atom. The van der Waals surface area contributed by atoms with Gasteiger partial charge in [-0.15, -0.1) is 0 Å². The summed E-state index contributed by atoms with van der Waals surface area (Å²) < 4.78 is 68.2. The van der Waals surface area contributed by atoms with Gasteiger partial charge in [-0.2, -0.15) is 0 Å². The van der Waals surface area contributed by atoms with Crippen molar-refractivity contribution < 1.29 is 70.0 Å². The van der Waals surface area contributed by atoms with Crippen LogP contribution in [0.15, 0.2) is 0 Å². The predicted molar refractivity (Wildman–Crippen MR) is 64.7 cm³/mol. The van der Waals surface area contributed by atoms with E-state index < -0.39 is 31.0 Å². The first-order chi connectivity index (χ1) is 7.46. The molecule has 0 fully saturated rings. The number of nitrogens with zero attached hydrogens (tertiary/aromatic N) is 2. The molecule has 0 N–H and O–H groups in total. The minimum atomic E-state index is -5.17. The van der Waals surface area contributed by atoms with Crippen LogP contribution in [0.1, 0.15) is 0 Å². The van der Waals surface area contributed by atoms with E-state index in [-0.39, 0.29) is 176 Å². The fourth-order valence-electron chi connectivity index (χ4n) is 0. The summed E-state index contributed by atoms with van der Waals surface area (Å²) in [5.74, 6) is 0. The van der Waals surface area contributed by atoms with Crippen molar-refractivity contribution in [2.75, 3.05) is 0 Å². The Labute approximate surface area is 266 Å². The summed E-state index contributed by atoms with van der Waals surface area (Å²) in [4.78, 5) is 16.5.